The minimum atomic E-state index is 0.0688. The van der Waals surface area contributed by atoms with Gasteiger partial charge in [0.1, 0.15) is 5.82 Å². The Morgan fingerprint density at radius 1 is 1.13 bits per heavy atom. The van der Waals surface area contributed by atoms with Gasteiger partial charge in [-0.25, -0.2) is 4.98 Å². The number of hydrogen-bond acceptors (Lipinski definition) is 4. The molecule has 0 aliphatic carbocycles. The number of pyridine rings is 1. The van der Waals surface area contributed by atoms with Gasteiger partial charge < -0.3 is 15.1 Å². The van der Waals surface area contributed by atoms with Crippen molar-refractivity contribution in [3.8, 4) is 0 Å². The Morgan fingerprint density at radius 3 is 2.52 bits per heavy atom. The van der Waals surface area contributed by atoms with Gasteiger partial charge in [-0.2, -0.15) is 0 Å². The molecule has 1 aromatic carbocycles. The average molecular weight is 375 g/mol. The van der Waals surface area contributed by atoms with Crippen LogP contribution in [0.3, 0.4) is 0 Å². The summed E-state index contributed by atoms with van der Waals surface area (Å²) in [6.45, 7) is 3.38. The van der Waals surface area contributed by atoms with Gasteiger partial charge in [0.2, 0.25) is 0 Å². The number of hydrogen-bond donors (Lipinski definition) is 1. The number of aromatic nitrogens is 1. The van der Waals surface area contributed by atoms with Crippen molar-refractivity contribution >= 4 is 33.3 Å². The molecule has 0 spiro atoms. The summed E-state index contributed by atoms with van der Waals surface area (Å²) in [5.41, 5.74) is 1.61. The summed E-state index contributed by atoms with van der Waals surface area (Å²) in [6.07, 6.45) is 1.67. The first-order valence-electron chi connectivity index (χ1n) is 7.58. The molecule has 2 heterocycles. The molecule has 120 valence electrons. The topological polar surface area (TPSA) is 48.5 Å². The summed E-state index contributed by atoms with van der Waals surface area (Å²) in [5.74, 6) is 0.742. The lowest BCUT2D eigenvalue weighted by Crippen LogP contribution is -2.47. The molecule has 23 heavy (non-hydrogen) atoms. The van der Waals surface area contributed by atoms with Gasteiger partial charge in [-0.1, -0.05) is 15.9 Å². The van der Waals surface area contributed by atoms with E-state index in [2.05, 4.69) is 38.2 Å². The number of benzene rings is 1. The van der Waals surface area contributed by atoms with Crippen LogP contribution in [0.2, 0.25) is 0 Å². The zero-order valence-corrected chi connectivity index (χ0v) is 14.6. The molecule has 0 radical (unpaired) electrons. The lowest BCUT2D eigenvalue weighted by Gasteiger charge is -2.32. The molecule has 1 aromatic heterocycles. The summed E-state index contributed by atoms with van der Waals surface area (Å²) < 4.78 is 1.02. The first-order chi connectivity index (χ1) is 11.1. The molecule has 6 heteroatoms. The largest absolute Gasteiger partial charge is 0.340 e. The van der Waals surface area contributed by atoms with Crippen molar-refractivity contribution in [1.82, 2.24) is 14.8 Å². The molecule has 0 unspecified atom stereocenters. The molecule has 2 aromatic rings. The molecule has 1 aliphatic heterocycles. The van der Waals surface area contributed by atoms with Crippen molar-refractivity contribution in [3.63, 3.8) is 0 Å². The van der Waals surface area contributed by atoms with Crippen LogP contribution in [-0.2, 0) is 0 Å². The predicted octanol–water partition coefficient (Wildman–Crippen LogP) is 2.98. The van der Waals surface area contributed by atoms with E-state index in [1.54, 1.807) is 12.3 Å². The molecule has 1 fully saturated rings. The summed E-state index contributed by atoms with van der Waals surface area (Å²) in [5, 5.41) is 3.23. The summed E-state index contributed by atoms with van der Waals surface area (Å²) >= 11 is 3.41. The highest BCUT2D eigenvalue weighted by molar-refractivity contribution is 9.10. The van der Waals surface area contributed by atoms with Crippen LogP contribution in [-0.4, -0.2) is 53.9 Å². The number of nitrogens with one attached hydrogen (secondary N) is 1. The zero-order valence-electron chi connectivity index (χ0n) is 13.0. The Morgan fingerprint density at radius 2 is 1.83 bits per heavy atom. The normalized spacial score (nSPS) is 15.5. The van der Waals surface area contributed by atoms with Crippen molar-refractivity contribution in [2.24, 2.45) is 0 Å². The van der Waals surface area contributed by atoms with Gasteiger partial charge >= 0.3 is 0 Å². The SMILES string of the molecule is CN1CCN(C(=O)c2ccnc(Nc3ccc(Br)cc3)c2)CC1. The second-order valence-electron chi connectivity index (χ2n) is 5.66. The molecule has 1 saturated heterocycles. The standard InChI is InChI=1S/C17H19BrN4O/c1-21-8-10-22(11-9-21)17(23)13-6-7-19-16(12-13)20-15-4-2-14(18)3-5-15/h2-7,12H,8-11H2,1H3,(H,19,20). The van der Waals surface area contributed by atoms with Gasteiger partial charge in [-0.15, -0.1) is 0 Å². The van der Waals surface area contributed by atoms with E-state index >= 15 is 0 Å². The van der Waals surface area contributed by atoms with Gasteiger partial charge in [0, 0.05) is 48.1 Å². The quantitative estimate of drug-likeness (QED) is 0.896. The van der Waals surface area contributed by atoms with E-state index in [1.807, 2.05) is 35.2 Å². The third kappa shape index (κ3) is 4.09. The monoisotopic (exact) mass is 374 g/mol. The van der Waals surface area contributed by atoms with Crippen molar-refractivity contribution in [2.45, 2.75) is 0 Å². The molecular formula is C17H19BrN4O. The minimum Gasteiger partial charge on any atom is -0.340 e. The second kappa shape index (κ2) is 7.10. The zero-order chi connectivity index (χ0) is 16.2. The Kier molecular flexibility index (Phi) is 4.93. The number of carbonyl (C=O) groups excluding carboxylic acids is 1. The number of piperazine rings is 1. The van der Waals surface area contributed by atoms with Crippen LogP contribution in [0.25, 0.3) is 0 Å². The molecule has 0 bridgehead atoms. The van der Waals surface area contributed by atoms with Crippen LogP contribution in [0, 0.1) is 0 Å². The molecular weight excluding hydrogens is 356 g/mol. The summed E-state index contributed by atoms with van der Waals surface area (Å²) in [6, 6.07) is 11.4. The highest BCUT2D eigenvalue weighted by Crippen LogP contribution is 2.19. The fourth-order valence-corrected chi connectivity index (χ4v) is 2.77. The van der Waals surface area contributed by atoms with E-state index in [0.717, 1.165) is 36.3 Å². The Bertz CT molecular complexity index is 681. The van der Waals surface area contributed by atoms with Gasteiger partial charge in [0.05, 0.1) is 0 Å². The van der Waals surface area contributed by atoms with E-state index in [-0.39, 0.29) is 5.91 Å². The number of anilines is 2. The second-order valence-corrected chi connectivity index (χ2v) is 6.57. The van der Waals surface area contributed by atoms with Gasteiger partial charge in [0.15, 0.2) is 0 Å². The van der Waals surface area contributed by atoms with E-state index < -0.39 is 0 Å². The van der Waals surface area contributed by atoms with Crippen LogP contribution >= 0.6 is 15.9 Å². The van der Waals surface area contributed by atoms with Crippen LogP contribution in [0.1, 0.15) is 10.4 Å². The Balaban J connectivity index is 1.71. The number of nitrogens with zero attached hydrogens (tertiary/aromatic N) is 3. The molecule has 3 rings (SSSR count). The number of amides is 1. The van der Waals surface area contributed by atoms with Crippen molar-refractivity contribution in [3.05, 3.63) is 52.6 Å². The lowest BCUT2D eigenvalue weighted by atomic mass is 10.2. The smallest absolute Gasteiger partial charge is 0.254 e. The fraction of sp³-hybridized carbons (Fsp3) is 0.294. The number of likely N-dealkylation sites (N-methyl/N-ethyl adjacent to an activating group) is 1. The maximum Gasteiger partial charge on any atom is 0.254 e. The minimum absolute atomic E-state index is 0.0688. The van der Waals surface area contributed by atoms with E-state index in [0.29, 0.717) is 11.4 Å². The predicted molar refractivity (Wildman–Crippen MR) is 95.1 cm³/mol. The van der Waals surface area contributed by atoms with E-state index in [9.17, 15) is 4.79 Å². The van der Waals surface area contributed by atoms with Crippen LogP contribution < -0.4 is 5.32 Å². The number of carbonyl (C=O) groups is 1. The molecule has 0 saturated carbocycles. The van der Waals surface area contributed by atoms with Crippen molar-refractivity contribution < 1.29 is 4.79 Å². The Hall–Kier alpha value is -1.92. The van der Waals surface area contributed by atoms with Crippen LogP contribution in [0.15, 0.2) is 47.1 Å². The average Bonchev–Trinajstić information content (AvgIpc) is 2.57. The molecule has 0 atom stereocenters. The highest BCUT2D eigenvalue weighted by atomic mass is 79.9. The first-order valence-corrected chi connectivity index (χ1v) is 8.37. The first kappa shape index (κ1) is 16.0. The Labute approximate surface area is 144 Å². The van der Waals surface area contributed by atoms with Crippen molar-refractivity contribution in [1.29, 1.82) is 0 Å². The molecule has 5 nitrogen and oxygen atoms in total. The molecule has 1 aliphatic rings. The summed E-state index contributed by atoms with van der Waals surface area (Å²) in [4.78, 5) is 21.0. The van der Waals surface area contributed by atoms with Crippen LogP contribution in [0.5, 0.6) is 0 Å². The number of rotatable bonds is 3. The number of halogens is 1. The molecule has 1 amide bonds. The third-order valence-corrected chi connectivity index (χ3v) is 4.44. The maximum atomic E-state index is 12.6. The van der Waals surface area contributed by atoms with Gasteiger partial charge in [-0.3, -0.25) is 4.79 Å². The summed E-state index contributed by atoms with van der Waals surface area (Å²) in [7, 11) is 2.08. The molecule has 1 N–H and O–H groups in total. The lowest BCUT2D eigenvalue weighted by molar-refractivity contribution is 0.0664. The van der Waals surface area contributed by atoms with Crippen LogP contribution in [0.4, 0.5) is 11.5 Å². The maximum absolute atomic E-state index is 12.6. The fourth-order valence-electron chi connectivity index (χ4n) is 2.51. The highest BCUT2D eigenvalue weighted by Gasteiger charge is 2.20. The van der Waals surface area contributed by atoms with Gasteiger partial charge in [-0.05, 0) is 43.4 Å². The van der Waals surface area contributed by atoms with E-state index in [1.165, 1.54) is 0 Å². The van der Waals surface area contributed by atoms with E-state index in [4.69, 9.17) is 0 Å². The van der Waals surface area contributed by atoms with Gasteiger partial charge in [0.25, 0.3) is 5.91 Å². The third-order valence-electron chi connectivity index (χ3n) is 3.91. The van der Waals surface area contributed by atoms with Crippen molar-refractivity contribution in [2.75, 3.05) is 38.5 Å².